The van der Waals surface area contributed by atoms with Crippen LogP contribution in [0, 0.1) is 0 Å². The Morgan fingerprint density at radius 3 is 2.44 bits per heavy atom. The van der Waals surface area contributed by atoms with Gasteiger partial charge in [-0.25, -0.2) is 18.4 Å². The predicted molar refractivity (Wildman–Crippen MR) is 59.6 cm³/mol. The Bertz CT molecular complexity index is 470. The monoisotopic (exact) mass is 261 g/mol. The summed E-state index contributed by atoms with van der Waals surface area (Å²) in [4.78, 5) is 7.48. The molecule has 1 aliphatic rings. The van der Waals surface area contributed by atoms with Crippen molar-refractivity contribution in [1.29, 1.82) is 0 Å². The fourth-order valence-electron chi connectivity index (χ4n) is 1.56. The molecule has 7 heteroatoms. The van der Waals surface area contributed by atoms with Gasteiger partial charge in [0.2, 0.25) is 15.3 Å². The van der Waals surface area contributed by atoms with E-state index in [0.29, 0.717) is 6.54 Å². The van der Waals surface area contributed by atoms with Crippen molar-refractivity contribution < 1.29 is 8.42 Å². The predicted octanol–water partition coefficient (Wildman–Crippen LogP) is 1.30. The molecule has 16 heavy (non-hydrogen) atoms. The summed E-state index contributed by atoms with van der Waals surface area (Å²) in [7, 11) is -3.45. The molecule has 1 aromatic rings. The van der Waals surface area contributed by atoms with Gasteiger partial charge >= 0.3 is 0 Å². The van der Waals surface area contributed by atoms with Gasteiger partial charge in [-0.05, 0) is 24.4 Å². The molecule has 1 fully saturated rings. The van der Waals surface area contributed by atoms with E-state index in [1.54, 1.807) is 0 Å². The van der Waals surface area contributed by atoms with Crippen LogP contribution in [-0.4, -0.2) is 35.3 Å². The molecule has 0 saturated heterocycles. The van der Waals surface area contributed by atoms with Crippen molar-refractivity contribution in [2.45, 2.75) is 30.7 Å². The van der Waals surface area contributed by atoms with Crippen LogP contribution < -0.4 is 0 Å². The molecule has 2 rings (SSSR count). The Balaban J connectivity index is 2.33. The van der Waals surface area contributed by atoms with Crippen LogP contribution in [0.3, 0.4) is 0 Å². The number of halogens is 1. The Kier molecular flexibility index (Phi) is 3.14. The fourth-order valence-corrected chi connectivity index (χ4v) is 3.24. The zero-order valence-corrected chi connectivity index (χ0v) is 10.4. The summed E-state index contributed by atoms with van der Waals surface area (Å²) in [6, 6.07) is 0.144. The van der Waals surface area contributed by atoms with Crippen molar-refractivity contribution >= 4 is 21.6 Å². The number of sulfonamides is 1. The van der Waals surface area contributed by atoms with Crippen LogP contribution >= 0.6 is 11.6 Å². The highest BCUT2D eigenvalue weighted by molar-refractivity contribution is 7.89. The van der Waals surface area contributed by atoms with Crippen LogP contribution in [0.2, 0.25) is 5.28 Å². The minimum Gasteiger partial charge on any atom is -0.225 e. The molecule has 1 heterocycles. The summed E-state index contributed by atoms with van der Waals surface area (Å²) in [6.45, 7) is 2.29. The van der Waals surface area contributed by atoms with Crippen LogP contribution in [0.25, 0.3) is 0 Å². The molecule has 1 aromatic heterocycles. The third kappa shape index (κ3) is 2.18. The molecule has 0 aromatic carbocycles. The summed E-state index contributed by atoms with van der Waals surface area (Å²) in [5.41, 5.74) is 0. The van der Waals surface area contributed by atoms with Crippen molar-refractivity contribution in [3.05, 3.63) is 17.7 Å². The van der Waals surface area contributed by atoms with Crippen LogP contribution in [0.15, 0.2) is 17.3 Å². The van der Waals surface area contributed by atoms with Crippen LogP contribution in [0.1, 0.15) is 19.8 Å². The molecule has 0 spiro atoms. The third-order valence-corrected chi connectivity index (χ3v) is 4.64. The molecule has 0 radical (unpaired) electrons. The van der Waals surface area contributed by atoms with E-state index in [4.69, 9.17) is 11.6 Å². The van der Waals surface area contributed by atoms with Gasteiger partial charge in [0.15, 0.2) is 0 Å². The minimum atomic E-state index is -3.45. The van der Waals surface area contributed by atoms with Gasteiger partial charge in [0.1, 0.15) is 4.90 Å². The SMILES string of the molecule is CCN(C1CC1)S(=O)(=O)c1cnc(Cl)nc1. The Morgan fingerprint density at radius 2 is 2.00 bits per heavy atom. The lowest BCUT2D eigenvalue weighted by Gasteiger charge is -2.19. The third-order valence-electron chi connectivity index (χ3n) is 2.47. The van der Waals surface area contributed by atoms with Gasteiger partial charge in [-0.2, -0.15) is 4.31 Å². The maximum absolute atomic E-state index is 12.2. The van der Waals surface area contributed by atoms with Crippen LogP contribution in [-0.2, 0) is 10.0 Å². The van der Waals surface area contributed by atoms with Crippen molar-refractivity contribution in [2.24, 2.45) is 0 Å². The first-order chi connectivity index (χ1) is 7.55. The molecule has 0 bridgehead atoms. The zero-order valence-electron chi connectivity index (χ0n) is 8.80. The van der Waals surface area contributed by atoms with Gasteiger partial charge in [-0.15, -0.1) is 0 Å². The molecule has 0 atom stereocenters. The molecule has 5 nitrogen and oxygen atoms in total. The largest absolute Gasteiger partial charge is 0.246 e. The van der Waals surface area contributed by atoms with Crippen molar-refractivity contribution in [1.82, 2.24) is 14.3 Å². The first-order valence-electron chi connectivity index (χ1n) is 5.05. The lowest BCUT2D eigenvalue weighted by atomic mass is 10.6. The number of hydrogen-bond acceptors (Lipinski definition) is 4. The topological polar surface area (TPSA) is 63.2 Å². The van der Waals surface area contributed by atoms with Crippen LogP contribution in [0.4, 0.5) is 0 Å². The van der Waals surface area contributed by atoms with E-state index in [2.05, 4.69) is 9.97 Å². The van der Waals surface area contributed by atoms with Gasteiger partial charge in [-0.1, -0.05) is 6.92 Å². The Labute approximate surface area is 99.5 Å². The van der Waals surface area contributed by atoms with E-state index in [1.807, 2.05) is 6.92 Å². The van der Waals surface area contributed by atoms with E-state index in [9.17, 15) is 8.42 Å². The Morgan fingerprint density at radius 1 is 1.44 bits per heavy atom. The lowest BCUT2D eigenvalue weighted by Crippen LogP contribution is -2.33. The first kappa shape index (κ1) is 11.8. The fraction of sp³-hybridized carbons (Fsp3) is 0.556. The average Bonchev–Trinajstić information content (AvgIpc) is 3.03. The van der Waals surface area contributed by atoms with Gasteiger partial charge in [0, 0.05) is 12.6 Å². The second kappa shape index (κ2) is 4.27. The number of aromatic nitrogens is 2. The van der Waals surface area contributed by atoms with Gasteiger partial charge in [0.25, 0.3) is 0 Å². The molecular weight excluding hydrogens is 250 g/mol. The van der Waals surface area contributed by atoms with Gasteiger partial charge < -0.3 is 0 Å². The zero-order chi connectivity index (χ0) is 11.8. The number of rotatable bonds is 4. The first-order valence-corrected chi connectivity index (χ1v) is 6.87. The molecule has 1 saturated carbocycles. The summed E-state index contributed by atoms with van der Waals surface area (Å²) in [6.07, 6.45) is 4.36. The smallest absolute Gasteiger partial charge is 0.225 e. The van der Waals surface area contributed by atoms with Gasteiger partial charge in [0.05, 0.1) is 12.4 Å². The molecule has 1 aliphatic carbocycles. The highest BCUT2D eigenvalue weighted by Crippen LogP contribution is 2.31. The quantitative estimate of drug-likeness (QED) is 0.767. The van der Waals surface area contributed by atoms with E-state index in [1.165, 1.54) is 16.7 Å². The van der Waals surface area contributed by atoms with Crippen molar-refractivity contribution in [3.63, 3.8) is 0 Å². The standard InChI is InChI=1S/C9H12ClN3O2S/c1-2-13(7-3-4-7)16(14,15)8-5-11-9(10)12-6-8/h5-7H,2-4H2,1H3. The van der Waals surface area contributed by atoms with E-state index >= 15 is 0 Å². The second-order valence-electron chi connectivity index (χ2n) is 3.63. The van der Waals surface area contributed by atoms with Gasteiger partial charge in [-0.3, -0.25) is 0 Å². The highest BCUT2D eigenvalue weighted by Gasteiger charge is 2.37. The van der Waals surface area contributed by atoms with E-state index in [0.717, 1.165) is 12.8 Å². The maximum atomic E-state index is 12.2. The van der Waals surface area contributed by atoms with Crippen molar-refractivity contribution in [2.75, 3.05) is 6.54 Å². The molecule has 0 N–H and O–H groups in total. The maximum Gasteiger partial charge on any atom is 0.246 e. The molecular formula is C9H12ClN3O2S. The average molecular weight is 262 g/mol. The molecule has 0 aliphatic heterocycles. The lowest BCUT2D eigenvalue weighted by molar-refractivity contribution is 0.420. The second-order valence-corrected chi connectivity index (χ2v) is 5.86. The summed E-state index contributed by atoms with van der Waals surface area (Å²) in [5.74, 6) is 0. The molecule has 0 amide bonds. The number of hydrogen-bond donors (Lipinski definition) is 0. The van der Waals surface area contributed by atoms with E-state index < -0.39 is 10.0 Å². The summed E-state index contributed by atoms with van der Waals surface area (Å²) in [5, 5.41) is 0.0495. The minimum absolute atomic E-state index is 0.0495. The summed E-state index contributed by atoms with van der Waals surface area (Å²) >= 11 is 5.52. The molecule has 0 unspecified atom stereocenters. The number of nitrogens with zero attached hydrogens (tertiary/aromatic N) is 3. The molecule has 88 valence electrons. The normalized spacial score (nSPS) is 16.7. The summed E-state index contributed by atoms with van der Waals surface area (Å²) < 4.78 is 25.8. The van der Waals surface area contributed by atoms with Crippen molar-refractivity contribution in [3.8, 4) is 0 Å². The van der Waals surface area contributed by atoms with Crippen LogP contribution in [0.5, 0.6) is 0 Å². The Hall–Kier alpha value is -0.720. The van der Waals surface area contributed by atoms with E-state index in [-0.39, 0.29) is 16.2 Å². The highest BCUT2D eigenvalue weighted by atomic mass is 35.5.